The van der Waals surface area contributed by atoms with Crippen LogP contribution in [0.3, 0.4) is 0 Å². The Morgan fingerprint density at radius 3 is 2.75 bits per heavy atom. The van der Waals surface area contributed by atoms with Gasteiger partial charge in [0.2, 0.25) is 0 Å². The lowest BCUT2D eigenvalue weighted by Crippen LogP contribution is -2.40. The van der Waals surface area contributed by atoms with Gasteiger partial charge in [-0.3, -0.25) is 9.59 Å². The molecule has 0 aromatic carbocycles. The van der Waals surface area contributed by atoms with Gasteiger partial charge < -0.3 is 20.8 Å². The van der Waals surface area contributed by atoms with Gasteiger partial charge in [-0.15, -0.1) is 23.7 Å². The highest BCUT2D eigenvalue weighted by Crippen LogP contribution is 2.24. The number of thiophene rings is 1. The molecule has 0 fully saturated rings. The summed E-state index contributed by atoms with van der Waals surface area (Å²) >= 11 is 1.29. The van der Waals surface area contributed by atoms with Crippen LogP contribution < -0.4 is 16.4 Å². The standard InChI is InChI=1S/C16H21N3O3S.ClH/c1-2-3-5-11(10-17)18-14(20)12-7-9-23-16(12)19-15(21)13-6-4-8-22-13;/h4,6-9,11H,2-3,5,10,17H2,1H3,(H,18,20)(H,19,21);1H. The van der Waals surface area contributed by atoms with E-state index in [1.807, 2.05) is 0 Å². The molecular formula is C16H22ClN3O3S. The predicted octanol–water partition coefficient (Wildman–Crippen LogP) is 3.26. The number of carbonyl (C=O) groups is 2. The number of anilines is 1. The summed E-state index contributed by atoms with van der Waals surface area (Å²) < 4.78 is 5.05. The van der Waals surface area contributed by atoms with Crippen LogP contribution in [0.1, 0.15) is 47.1 Å². The molecule has 132 valence electrons. The van der Waals surface area contributed by atoms with Gasteiger partial charge in [-0.05, 0) is 30.0 Å². The number of unbranched alkanes of at least 4 members (excludes halogenated alkanes) is 1. The quantitative estimate of drug-likeness (QED) is 0.663. The summed E-state index contributed by atoms with van der Waals surface area (Å²) in [7, 11) is 0. The van der Waals surface area contributed by atoms with E-state index < -0.39 is 0 Å². The highest BCUT2D eigenvalue weighted by Gasteiger charge is 2.19. The number of hydrogen-bond donors (Lipinski definition) is 3. The fourth-order valence-corrected chi connectivity index (χ4v) is 2.90. The van der Waals surface area contributed by atoms with Crippen LogP contribution >= 0.6 is 23.7 Å². The monoisotopic (exact) mass is 371 g/mol. The zero-order chi connectivity index (χ0) is 16.7. The molecule has 0 bridgehead atoms. The summed E-state index contributed by atoms with van der Waals surface area (Å²) in [6, 6.07) is 4.83. The lowest BCUT2D eigenvalue weighted by Gasteiger charge is -2.16. The average Bonchev–Trinajstić information content (AvgIpc) is 3.22. The summed E-state index contributed by atoms with van der Waals surface area (Å²) in [6.07, 6.45) is 4.33. The van der Waals surface area contributed by atoms with Gasteiger partial charge in [0.05, 0.1) is 11.8 Å². The second-order valence-electron chi connectivity index (χ2n) is 5.14. The number of rotatable bonds is 8. The highest BCUT2D eigenvalue weighted by atomic mass is 35.5. The Balaban J connectivity index is 0.00000288. The fraction of sp³-hybridized carbons (Fsp3) is 0.375. The zero-order valence-electron chi connectivity index (χ0n) is 13.4. The number of nitrogens with two attached hydrogens (primary N) is 1. The molecule has 1 unspecified atom stereocenters. The van der Waals surface area contributed by atoms with Crippen LogP contribution in [0.4, 0.5) is 5.00 Å². The number of nitrogens with one attached hydrogen (secondary N) is 2. The third kappa shape index (κ3) is 5.36. The van der Waals surface area contributed by atoms with Gasteiger partial charge in [0.25, 0.3) is 11.8 Å². The van der Waals surface area contributed by atoms with Crippen LogP contribution in [0.15, 0.2) is 34.3 Å². The molecule has 0 spiro atoms. The first kappa shape index (κ1) is 20.2. The van der Waals surface area contributed by atoms with Gasteiger partial charge in [-0.25, -0.2) is 0 Å². The molecule has 2 heterocycles. The molecule has 2 aromatic heterocycles. The Morgan fingerprint density at radius 1 is 1.33 bits per heavy atom. The van der Waals surface area contributed by atoms with E-state index in [9.17, 15) is 9.59 Å². The maximum Gasteiger partial charge on any atom is 0.291 e. The molecule has 2 amide bonds. The lowest BCUT2D eigenvalue weighted by molar-refractivity contribution is 0.0937. The summed E-state index contributed by atoms with van der Waals surface area (Å²) in [5, 5.41) is 7.88. The normalized spacial score (nSPS) is 11.4. The first-order valence-electron chi connectivity index (χ1n) is 7.59. The molecule has 0 aliphatic heterocycles. The molecule has 0 aliphatic rings. The highest BCUT2D eigenvalue weighted by molar-refractivity contribution is 7.14. The van der Waals surface area contributed by atoms with Gasteiger partial charge in [0, 0.05) is 12.6 Å². The summed E-state index contributed by atoms with van der Waals surface area (Å²) in [6.45, 7) is 2.49. The number of halogens is 1. The third-order valence-electron chi connectivity index (χ3n) is 3.41. The molecule has 2 rings (SSSR count). The Bertz CT molecular complexity index is 643. The maximum atomic E-state index is 12.4. The summed E-state index contributed by atoms with van der Waals surface area (Å²) in [5.41, 5.74) is 6.14. The van der Waals surface area contributed by atoms with Crippen molar-refractivity contribution in [1.82, 2.24) is 5.32 Å². The van der Waals surface area contributed by atoms with E-state index in [0.717, 1.165) is 19.3 Å². The minimum atomic E-state index is -0.382. The van der Waals surface area contributed by atoms with Crippen molar-refractivity contribution in [1.29, 1.82) is 0 Å². The Labute approximate surface area is 151 Å². The molecule has 4 N–H and O–H groups in total. The summed E-state index contributed by atoms with van der Waals surface area (Å²) in [4.78, 5) is 24.4. The van der Waals surface area contributed by atoms with Crippen molar-refractivity contribution in [3.8, 4) is 0 Å². The molecule has 24 heavy (non-hydrogen) atoms. The first-order chi connectivity index (χ1) is 11.2. The van der Waals surface area contributed by atoms with E-state index in [0.29, 0.717) is 17.1 Å². The van der Waals surface area contributed by atoms with Crippen LogP contribution in [-0.2, 0) is 0 Å². The Morgan fingerprint density at radius 2 is 2.12 bits per heavy atom. The van der Waals surface area contributed by atoms with E-state index >= 15 is 0 Å². The van der Waals surface area contributed by atoms with Gasteiger partial charge in [0.1, 0.15) is 5.00 Å². The van der Waals surface area contributed by atoms with E-state index in [-0.39, 0.29) is 36.0 Å². The zero-order valence-corrected chi connectivity index (χ0v) is 15.0. The Kier molecular flexibility index (Phi) is 8.53. The third-order valence-corrected chi connectivity index (χ3v) is 4.24. The number of furan rings is 1. The maximum absolute atomic E-state index is 12.4. The number of hydrogen-bond acceptors (Lipinski definition) is 5. The van der Waals surface area contributed by atoms with Gasteiger partial charge in [-0.1, -0.05) is 19.8 Å². The van der Waals surface area contributed by atoms with Crippen LogP contribution in [0.25, 0.3) is 0 Å². The van der Waals surface area contributed by atoms with Crippen molar-refractivity contribution < 1.29 is 14.0 Å². The molecule has 6 nitrogen and oxygen atoms in total. The van der Waals surface area contributed by atoms with E-state index in [2.05, 4.69) is 17.6 Å². The molecule has 8 heteroatoms. The lowest BCUT2D eigenvalue weighted by atomic mass is 10.1. The minimum Gasteiger partial charge on any atom is -0.459 e. The van der Waals surface area contributed by atoms with Crippen molar-refractivity contribution >= 4 is 40.6 Å². The van der Waals surface area contributed by atoms with E-state index in [1.54, 1.807) is 23.6 Å². The number of carbonyl (C=O) groups excluding carboxylic acids is 2. The molecule has 0 aliphatic carbocycles. The topological polar surface area (TPSA) is 97.4 Å². The van der Waals surface area contributed by atoms with Gasteiger partial charge >= 0.3 is 0 Å². The number of amides is 2. The largest absolute Gasteiger partial charge is 0.459 e. The molecule has 0 saturated heterocycles. The van der Waals surface area contributed by atoms with E-state index in [4.69, 9.17) is 10.2 Å². The predicted molar refractivity (Wildman–Crippen MR) is 98.1 cm³/mol. The molecular weight excluding hydrogens is 350 g/mol. The smallest absolute Gasteiger partial charge is 0.291 e. The summed E-state index contributed by atoms with van der Waals surface area (Å²) in [5.74, 6) is -0.409. The van der Waals surface area contributed by atoms with Crippen molar-refractivity contribution in [3.63, 3.8) is 0 Å². The Hall–Kier alpha value is -1.83. The molecule has 0 radical (unpaired) electrons. The van der Waals surface area contributed by atoms with Crippen LogP contribution in [0, 0.1) is 0 Å². The SMILES string of the molecule is CCCCC(CN)NC(=O)c1ccsc1NC(=O)c1ccco1.Cl. The fourth-order valence-electron chi connectivity index (χ4n) is 2.12. The molecule has 2 aromatic rings. The van der Waals surface area contributed by atoms with Crippen LogP contribution in [0.5, 0.6) is 0 Å². The van der Waals surface area contributed by atoms with Crippen LogP contribution in [0.2, 0.25) is 0 Å². The van der Waals surface area contributed by atoms with Crippen molar-refractivity contribution in [2.24, 2.45) is 5.73 Å². The van der Waals surface area contributed by atoms with Gasteiger partial charge in [0.15, 0.2) is 5.76 Å². The van der Waals surface area contributed by atoms with Crippen molar-refractivity contribution in [3.05, 3.63) is 41.2 Å². The molecule has 1 atom stereocenters. The minimum absolute atomic E-state index is 0. The average molecular weight is 372 g/mol. The van der Waals surface area contributed by atoms with Crippen molar-refractivity contribution in [2.45, 2.75) is 32.2 Å². The second kappa shape index (κ2) is 10.1. The second-order valence-corrected chi connectivity index (χ2v) is 6.06. The van der Waals surface area contributed by atoms with Crippen molar-refractivity contribution in [2.75, 3.05) is 11.9 Å². The van der Waals surface area contributed by atoms with Gasteiger partial charge in [-0.2, -0.15) is 0 Å². The van der Waals surface area contributed by atoms with E-state index in [1.165, 1.54) is 17.6 Å². The van der Waals surface area contributed by atoms with Crippen LogP contribution in [-0.4, -0.2) is 24.4 Å². The first-order valence-corrected chi connectivity index (χ1v) is 8.47. The molecule has 0 saturated carbocycles.